The Bertz CT molecular complexity index is 1000. The molecule has 3 saturated carbocycles. The lowest BCUT2D eigenvalue weighted by atomic mass is 9.46. The lowest BCUT2D eigenvalue weighted by Gasteiger charge is -2.58. The Morgan fingerprint density at radius 3 is 2.28 bits per heavy atom. The predicted octanol–water partition coefficient (Wildman–Crippen LogP) is 5.77. The van der Waals surface area contributed by atoms with Gasteiger partial charge in [-0.1, -0.05) is 39.8 Å². The largest absolute Gasteiger partial charge is 0.481 e. The maximum atomic E-state index is 13.6. The van der Waals surface area contributed by atoms with Crippen molar-refractivity contribution in [2.45, 2.75) is 118 Å². The molecule has 0 aromatic carbocycles. The van der Waals surface area contributed by atoms with Gasteiger partial charge in [0.2, 0.25) is 0 Å². The van der Waals surface area contributed by atoms with E-state index in [0.29, 0.717) is 31.6 Å². The van der Waals surface area contributed by atoms with Crippen molar-refractivity contribution in [3.05, 3.63) is 12.2 Å². The minimum absolute atomic E-state index is 0.00549. The maximum absolute atomic E-state index is 13.6. The van der Waals surface area contributed by atoms with Crippen molar-refractivity contribution in [3.8, 4) is 0 Å². The van der Waals surface area contributed by atoms with Gasteiger partial charge in [0.1, 0.15) is 17.7 Å². The van der Waals surface area contributed by atoms with Crippen molar-refractivity contribution in [2.75, 3.05) is 0 Å². The van der Waals surface area contributed by atoms with Gasteiger partial charge in [-0.15, -0.1) is 0 Å². The first-order chi connectivity index (χ1) is 18.0. The van der Waals surface area contributed by atoms with Gasteiger partial charge < -0.3 is 14.9 Å². The Hall–Kier alpha value is -2.02. The van der Waals surface area contributed by atoms with Gasteiger partial charge in [0.25, 0.3) is 0 Å². The number of allylic oxidation sites excluding steroid dienone is 1. The van der Waals surface area contributed by atoms with Crippen LogP contribution in [-0.2, 0) is 23.9 Å². The summed E-state index contributed by atoms with van der Waals surface area (Å²) in [7, 11) is 0. The van der Waals surface area contributed by atoms with E-state index < -0.39 is 52.2 Å². The van der Waals surface area contributed by atoms with E-state index in [1.54, 1.807) is 6.92 Å². The molecule has 3 fully saturated rings. The van der Waals surface area contributed by atoms with E-state index in [9.17, 15) is 29.4 Å². The van der Waals surface area contributed by atoms with Crippen LogP contribution < -0.4 is 0 Å². The number of aliphatic hydroxyl groups is 1. The molecule has 0 saturated heterocycles. The number of ether oxygens (including phenoxy) is 1. The molecule has 2 N–H and O–H groups in total. The highest BCUT2D eigenvalue weighted by Gasteiger charge is 2.64. The number of Topliss-reactive ketones (excluding diaryl/α,β-unsaturated/α-hetero) is 2. The van der Waals surface area contributed by atoms with Gasteiger partial charge in [0, 0.05) is 25.7 Å². The molecule has 220 valence electrons. The predicted molar refractivity (Wildman–Crippen MR) is 149 cm³/mol. The van der Waals surface area contributed by atoms with Crippen molar-refractivity contribution in [1.29, 1.82) is 0 Å². The first kappa shape index (κ1) is 31.5. The van der Waals surface area contributed by atoms with Crippen LogP contribution in [0.3, 0.4) is 0 Å². The van der Waals surface area contributed by atoms with Crippen LogP contribution in [0.15, 0.2) is 12.2 Å². The topological polar surface area (TPSA) is 118 Å². The van der Waals surface area contributed by atoms with Crippen LogP contribution in [0.2, 0.25) is 0 Å². The van der Waals surface area contributed by atoms with Gasteiger partial charge in [-0.2, -0.15) is 0 Å². The Morgan fingerprint density at radius 1 is 1.08 bits per heavy atom. The van der Waals surface area contributed by atoms with E-state index in [0.717, 1.165) is 12.8 Å². The van der Waals surface area contributed by atoms with Crippen molar-refractivity contribution < 1.29 is 34.1 Å². The minimum Gasteiger partial charge on any atom is -0.481 e. The SMILES string of the molecule is C=C(CCC(C)C1CCC(=O)C1(C)C(CC1C(=O)CCC2C1(C)CCC(O)C2(C)C(=O)O)OC(C)=O)C(C)C. The summed E-state index contributed by atoms with van der Waals surface area (Å²) in [5, 5.41) is 21.0. The van der Waals surface area contributed by atoms with Gasteiger partial charge in [0.05, 0.1) is 16.9 Å². The summed E-state index contributed by atoms with van der Waals surface area (Å²) in [6, 6.07) is 0. The monoisotopic (exact) mass is 546 g/mol. The zero-order chi connectivity index (χ0) is 29.5. The van der Waals surface area contributed by atoms with E-state index in [-0.39, 0.29) is 42.7 Å². The molecule has 0 amide bonds. The van der Waals surface area contributed by atoms with Crippen molar-refractivity contribution in [2.24, 2.45) is 45.8 Å². The van der Waals surface area contributed by atoms with E-state index in [1.807, 2.05) is 13.8 Å². The summed E-state index contributed by atoms with van der Waals surface area (Å²) in [6.07, 6.45) is 2.71. The zero-order valence-electron chi connectivity index (χ0n) is 25.0. The molecule has 0 spiro atoms. The minimum atomic E-state index is -1.37. The highest BCUT2D eigenvalue weighted by molar-refractivity contribution is 5.89. The lowest BCUT2D eigenvalue weighted by Crippen LogP contribution is -2.61. The third kappa shape index (κ3) is 5.49. The second-order valence-electron chi connectivity index (χ2n) is 13.8. The molecule has 0 aromatic rings. The molecular formula is C32H50O7. The summed E-state index contributed by atoms with van der Waals surface area (Å²) in [5.74, 6) is -1.84. The summed E-state index contributed by atoms with van der Waals surface area (Å²) in [5.41, 5.74) is -1.81. The number of carbonyl (C=O) groups excluding carboxylic acids is 3. The summed E-state index contributed by atoms with van der Waals surface area (Å²) in [4.78, 5) is 52.0. The first-order valence-electron chi connectivity index (χ1n) is 14.8. The molecular weight excluding hydrogens is 496 g/mol. The summed E-state index contributed by atoms with van der Waals surface area (Å²) < 4.78 is 5.95. The number of carboxylic acids is 1. The van der Waals surface area contributed by atoms with Crippen molar-refractivity contribution in [1.82, 2.24) is 0 Å². The summed E-state index contributed by atoms with van der Waals surface area (Å²) >= 11 is 0. The van der Waals surface area contributed by atoms with Gasteiger partial charge >= 0.3 is 11.9 Å². The number of carboxylic acid groups (broad SMARTS) is 1. The van der Waals surface area contributed by atoms with Crippen LogP contribution in [0.4, 0.5) is 0 Å². The van der Waals surface area contributed by atoms with Crippen molar-refractivity contribution in [3.63, 3.8) is 0 Å². The maximum Gasteiger partial charge on any atom is 0.312 e. The zero-order valence-corrected chi connectivity index (χ0v) is 25.0. The molecule has 0 bridgehead atoms. The number of hydrogen-bond acceptors (Lipinski definition) is 6. The van der Waals surface area contributed by atoms with Crippen molar-refractivity contribution >= 4 is 23.5 Å². The number of hydrogen-bond donors (Lipinski definition) is 2. The number of fused-ring (bicyclic) bond motifs is 1. The van der Waals surface area contributed by atoms with Gasteiger partial charge in [0.15, 0.2) is 0 Å². The van der Waals surface area contributed by atoms with Gasteiger partial charge in [-0.25, -0.2) is 0 Å². The first-order valence-corrected chi connectivity index (χ1v) is 14.8. The van der Waals surface area contributed by atoms with Gasteiger partial charge in [-0.3, -0.25) is 19.2 Å². The number of ketones is 2. The molecule has 9 unspecified atom stereocenters. The average Bonchev–Trinajstić information content (AvgIpc) is 3.16. The summed E-state index contributed by atoms with van der Waals surface area (Å²) in [6.45, 7) is 17.4. The molecule has 0 radical (unpaired) electrons. The molecule has 3 aliphatic rings. The van der Waals surface area contributed by atoms with Crippen LogP contribution in [0.25, 0.3) is 0 Å². The van der Waals surface area contributed by atoms with Gasteiger partial charge in [-0.05, 0) is 87.9 Å². The Kier molecular flexibility index (Phi) is 9.26. The molecule has 7 heteroatoms. The number of rotatable bonds is 10. The molecule has 0 heterocycles. The normalized spacial score (nSPS) is 38.3. The Morgan fingerprint density at radius 2 is 1.72 bits per heavy atom. The number of esters is 1. The standard InChI is InChI=1S/C32H50O7/c1-18(2)19(3)9-10-20(4)22-11-14-26(35)31(22,7)28(39-21(5)33)17-23-24(34)12-13-25-30(23,6)16-15-27(36)32(25,8)29(37)38/h18,20,22-23,25,27-28,36H,3,9-17H2,1-2,4-8H3,(H,37,38). The molecule has 9 atom stereocenters. The fraction of sp³-hybridized carbons (Fsp3) is 0.812. The molecule has 7 nitrogen and oxygen atoms in total. The van der Waals surface area contributed by atoms with Crippen LogP contribution in [0.1, 0.15) is 106 Å². The number of aliphatic hydroxyl groups excluding tert-OH is 1. The van der Waals surface area contributed by atoms with E-state index in [1.165, 1.54) is 12.5 Å². The van der Waals surface area contributed by atoms with Crippen LogP contribution in [0, 0.1) is 45.8 Å². The second-order valence-corrected chi connectivity index (χ2v) is 13.8. The second kappa shape index (κ2) is 11.5. The third-order valence-electron chi connectivity index (χ3n) is 11.4. The molecule has 39 heavy (non-hydrogen) atoms. The van der Waals surface area contributed by atoms with Crippen LogP contribution in [-0.4, -0.2) is 45.9 Å². The number of carbonyl (C=O) groups is 4. The van der Waals surface area contributed by atoms with Crippen LogP contribution >= 0.6 is 0 Å². The Labute approximate surface area is 234 Å². The van der Waals surface area contributed by atoms with E-state index in [2.05, 4.69) is 27.4 Å². The van der Waals surface area contributed by atoms with E-state index in [4.69, 9.17) is 4.74 Å². The molecule has 3 rings (SSSR count). The highest BCUT2D eigenvalue weighted by atomic mass is 16.5. The number of aliphatic carboxylic acids is 1. The van der Waals surface area contributed by atoms with E-state index >= 15 is 0 Å². The molecule has 3 aliphatic carbocycles. The fourth-order valence-corrected chi connectivity index (χ4v) is 8.50. The third-order valence-corrected chi connectivity index (χ3v) is 11.4. The van der Waals surface area contributed by atoms with Crippen LogP contribution in [0.5, 0.6) is 0 Å². The molecule has 0 aromatic heterocycles. The Balaban J connectivity index is 1.97. The fourth-order valence-electron chi connectivity index (χ4n) is 8.50. The average molecular weight is 547 g/mol. The highest BCUT2D eigenvalue weighted by Crippen LogP contribution is 2.61. The lowest BCUT2D eigenvalue weighted by molar-refractivity contribution is -0.192. The molecule has 0 aliphatic heterocycles. The quantitative estimate of drug-likeness (QED) is 0.264. The smallest absolute Gasteiger partial charge is 0.312 e.